The summed E-state index contributed by atoms with van der Waals surface area (Å²) in [6.45, 7) is 1.54. The van der Waals surface area contributed by atoms with E-state index < -0.39 is 0 Å². The highest BCUT2D eigenvalue weighted by Crippen LogP contribution is 2.24. The Balaban J connectivity index is 1.97. The number of thiazole rings is 1. The Kier molecular flexibility index (Phi) is 3.74. The molecule has 1 heterocycles. The molecule has 0 N–H and O–H groups in total. The molecule has 4 heteroatoms. The molecule has 2 rings (SSSR count). The van der Waals surface area contributed by atoms with Crippen LogP contribution in [0.15, 0.2) is 40.6 Å². The average Bonchev–Trinajstić information content (AvgIpc) is 2.76. The predicted octanol–water partition coefficient (Wildman–Crippen LogP) is 3.64. The molecule has 0 aliphatic heterocycles. The van der Waals surface area contributed by atoms with Crippen LogP contribution < -0.4 is 0 Å². The Bertz CT molecular complexity index is 479. The van der Waals surface area contributed by atoms with Gasteiger partial charge in [0.25, 0.3) is 0 Å². The van der Waals surface area contributed by atoms with Crippen molar-refractivity contribution in [1.82, 2.24) is 4.98 Å². The number of nitrogens with zero attached hydrogens (tertiary/aromatic N) is 1. The molecule has 0 radical (unpaired) electrons. The summed E-state index contributed by atoms with van der Waals surface area (Å²) in [6, 6.07) is 10.2. The van der Waals surface area contributed by atoms with E-state index in [0.717, 1.165) is 10.8 Å². The Morgan fingerprint density at radius 2 is 2.12 bits per heavy atom. The monoisotopic (exact) mass is 249 g/mol. The molecule has 0 saturated carbocycles. The van der Waals surface area contributed by atoms with Gasteiger partial charge in [0, 0.05) is 17.2 Å². The van der Waals surface area contributed by atoms with Crippen LogP contribution in [0.3, 0.4) is 0 Å². The fraction of sp³-hybridized carbons (Fsp3) is 0.167. The number of rotatable bonds is 4. The molecule has 0 saturated heterocycles. The number of hydrogen-bond acceptors (Lipinski definition) is 4. The number of ketones is 1. The highest BCUT2D eigenvalue weighted by molar-refractivity contribution is 7.98. The first-order valence-electron chi connectivity index (χ1n) is 4.89. The van der Waals surface area contributed by atoms with Gasteiger partial charge < -0.3 is 0 Å². The van der Waals surface area contributed by atoms with Crippen molar-refractivity contribution in [3.05, 3.63) is 46.4 Å². The van der Waals surface area contributed by atoms with Gasteiger partial charge >= 0.3 is 0 Å². The number of hydrogen-bond donors (Lipinski definition) is 0. The van der Waals surface area contributed by atoms with Gasteiger partial charge in [-0.15, -0.1) is 23.1 Å². The SMILES string of the molecule is CC(=O)c1csc(CSc2ccccc2)n1. The maximum absolute atomic E-state index is 11.1. The largest absolute Gasteiger partial charge is 0.293 e. The minimum atomic E-state index is 0.0345. The molecule has 2 aromatic rings. The second kappa shape index (κ2) is 5.27. The van der Waals surface area contributed by atoms with Gasteiger partial charge in [0.05, 0.1) is 5.75 Å². The molecule has 0 atom stereocenters. The second-order valence-corrected chi connectivity index (χ2v) is 5.28. The van der Waals surface area contributed by atoms with E-state index in [9.17, 15) is 4.79 Å². The number of benzene rings is 1. The average molecular weight is 249 g/mol. The van der Waals surface area contributed by atoms with Gasteiger partial charge in [-0.05, 0) is 12.1 Å². The summed E-state index contributed by atoms with van der Waals surface area (Å²) >= 11 is 3.28. The number of thioether (sulfide) groups is 1. The van der Waals surface area contributed by atoms with E-state index in [4.69, 9.17) is 0 Å². The van der Waals surface area contributed by atoms with E-state index in [2.05, 4.69) is 17.1 Å². The van der Waals surface area contributed by atoms with E-state index in [1.54, 1.807) is 30.0 Å². The van der Waals surface area contributed by atoms with Gasteiger partial charge in [0.2, 0.25) is 0 Å². The Hall–Kier alpha value is -1.13. The first-order valence-corrected chi connectivity index (χ1v) is 6.75. The molecule has 0 bridgehead atoms. The van der Waals surface area contributed by atoms with Crippen molar-refractivity contribution in [1.29, 1.82) is 0 Å². The highest BCUT2D eigenvalue weighted by Gasteiger charge is 2.05. The molecule has 0 amide bonds. The molecule has 0 spiro atoms. The van der Waals surface area contributed by atoms with Gasteiger partial charge in [-0.2, -0.15) is 0 Å². The highest BCUT2D eigenvalue weighted by atomic mass is 32.2. The summed E-state index contributed by atoms with van der Waals surface area (Å²) in [5, 5.41) is 2.82. The van der Waals surface area contributed by atoms with Crippen LogP contribution in [0, 0.1) is 0 Å². The summed E-state index contributed by atoms with van der Waals surface area (Å²) in [6.07, 6.45) is 0. The Morgan fingerprint density at radius 1 is 1.38 bits per heavy atom. The van der Waals surface area contributed by atoms with Crippen molar-refractivity contribution in [3.63, 3.8) is 0 Å². The van der Waals surface area contributed by atoms with Crippen molar-refractivity contribution in [2.45, 2.75) is 17.6 Å². The van der Waals surface area contributed by atoms with Crippen molar-refractivity contribution in [2.75, 3.05) is 0 Å². The van der Waals surface area contributed by atoms with E-state index >= 15 is 0 Å². The Labute approximate surface area is 103 Å². The smallest absolute Gasteiger partial charge is 0.178 e. The molecular weight excluding hydrogens is 238 g/mol. The summed E-state index contributed by atoms with van der Waals surface area (Å²) in [7, 11) is 0. The topological polar surface area (TPSA) is 30.0 Å². The lowest BCUT2D eigenvalue weighted by Gasteiger charge is -1.97. The normalized spacial score (nSPS) is 10.3. The van der Waals surface area contributed by atoms with Crippen LogP contribution in [0.25, 0.3) is 0 Å². The van der Waals surface area contributed by atoms with E-state index in [1.165, 1.54) is 4.90 Å². The fourth-order valence-corrected chi connectivity index (χ4v) is 2.97. The van der Waals surface area contributed by atoms with Gasteiger partial charge in [-0.3, -0.25) is 4.79 Å². The quantitative estimate of drug-likeness (QED) is 0.612. The molecule has 2 nitrogen and oxygen atoms in total. The van der Waals surface area contributed by atoms with Crippen molar-refractivity contribution in [2.24, 2.45) is 0 Å². The lowest BCUT2D eigenvalue weighted by Crippen LogP contribution is -1.91. The van der Waals surface area contributed by atoms with E-state index in [0.29, 0.717) is 5.69 Å². The molecule has 0 aliphatic rings. The zero-order chi connectivity index (χ0) is 11.4. The van der Waals surface area contributed by atoms with Crippen LogP contribution in [-0.4, -0.2) is 10.8 Å². The summed E-state index contributed by atoms with van der Waals surface area (Å²) in [5.41, 5.74) is 0.577. The third-order valence-corrected chi connectivity index (χ3v) is 4.07. The van der Waals surface area contributed by atoms with E-state index in [1.807, 2.05) is 23.6 Å². The predicted molar refractivity (Wildman–Crippen MR) is 68.1 cm³/mol. The number of carbonyl (C=O) groups is 1. The van der Waals surface area contributed by atoms with Crippen LogP contribution in [0.4, 0.5) is 0 Å². The molecule has 0 fully saturated rings. The zero-order valence-corrected chi connectivity index (χ0v) is 10.5. The van der Waals surface area contributed by atoms with Crippen LogP contribution in [0.2, 0.25) is 0 Å². The zero-order valence-electron chi connectivity index (χ0n) is 8.84. The molecule has 82 valence electrons. The van der Waals surface area contributed by atoms with Crippen molar-refractivity contribution < 1.29 is 4.79 Å². The lowest BCUT2D eigenvalue weighted by molar-refractivity contribution is 0.101. The molecular formula is C12H11NOS2. The van der Waals surface area contributed by atoms with Gasteiger partial charge in [-0.1, -0.05) is 18.2 Å². The fourth-order valence-electron chi connectivity index (χ4n) is 1.20. The van der Waals surface area contributed by atoms with Crippen molar-refractivity contribution in [3.8, 4) is 0 Å². The maximum atomic E-state index is 11.1. The van der Waals surface area contributed by atoms with Crippen molar-refractivity contribution >= 4 is 28.9 Å². The minimum absolute atomic E-state index is 0.0345. The first-order chi connectivity index (χ1) is 7.75. The molecule has 1 aromatic carbocycles. The van der Waals surface area contributed by atoms with Gasteiger partial charge in [0.1, 0.15) is 10.7 Å². The summed E-state index contributed by atoms with van der Waals surface area (Å²) < 4.78 is 0. The van der Waals surface area contributed by atoms with Crippen LogP contribution >= 0.6 is 23.1 Å². The Morgan fingerprint density at radius 3 is 2.75 bits per heavy atom. The van der Waals surface area contributed by atoms with Crippen LogP contribution in [-0.2, 0) is 5.75 Å². The second-order valence-electron chi connectivity index (χ2n) is 3.28. The first kappa shape index (κ1) is 11.4. The molecule has 0 unspecified atom stereocenters. The minimum Gasteiger partial charge on any atom is -0.293 e. The van der Waals surface area contributed by atoms with Crippen LogP contribution in [0.5, 0.6) is 0 Å². The standard InChI is InChI=1S/C12H11NOS2/c1-9(14)11-7-16-12(13-11)8-15-10-5-3-2-4-6-10/h2-7H,8H2,1H3. The van der Waals surface area contributed by atoms with E-state index in [-0.39, 0.29) is 5.78 Å². The molecule has 0 aliphatic carbocycles. The number of aromatic nitrogens is 1. The van der Waals surface area contributed by atoms with Gasteiger partial charge in [0.15, 0.2) is 5.78 Å². The lowest BCUT2D eigenvalue weighted by atomic mass is 10.4. The van der Waals surface area contributed by atoms with Gasteiger partial charge in [-0.25, -0.2) is 4.98 Å². The summed E-state index contributed by atoms with van der Waals surface area (Å²) in [5.74, 6) is 0.856. The number of carbonyl (C=O) groups excluding carboxylic acids is 1. The third kappa shape index (κ3) is 2.93. The molecule has 1 aromatic heterocycles. The number of Topliss-reactive ketones (excluding diaryl/α,β-unsaturated/α-hetero) is 1. The summed E-state index contributed by atoms with van der Waals surface area (Å²) in [4.78, 5) is 16.6. The third-order valence-electron chi connectivity index (χ3n) is 2.02. The van der Waals surface area contributed by atoms with Crippen LogP contribution in [0.1, 0.15) is 22.4 Å². The molecule has 16 heavy (non-hydrogen) atoms. The maximum Gasteiger partial charge on any atom is 0.178 e.